The zero-order chi connectivity index (χ0) is 21.9. The average molecular weight is 392 g/mol. The zero-order valence-electron chi connectivity index (χ0n) is 18.7. The van der Waals surface area contributed by atoms with Crippen LogP contribution in [0.1, 0.15) is 52.5 Å². The summed E-state index contributed by atoms with van der Waals surface area (Å²) >= 11 is 0. The number of aliphatic hydroxyl groups excluding tert-OH is 1. The summed E-state index contributed by atoms with van der Waals surface area (Å²) in [7, 11) is 0. The van der Waals surface area contributed by atoms with Gasteiger partial charge < -0.3 is 5.11 Å². The fourth-order valence-electron chi connectivity index (χ4n) is 2.05. The number of para-hydroxylation sites is 1. The number of aryl methyl sites for hydroxylation is 1. The van der Waals surface area contributed by atoms with Crippen molar-refractivity contribution in [1.29, 1.82) is 0 Å². The summed E-state index contributed by atoms with van der Waals surface area (Å²) in [6, 6.07) is 19.9. The molecule has 2 aromatic carbocycles. The molecule has 0 fully saturated rings. The summed E-state index contributed by atoms with van der Waals surface area (Å²) in [5.74, 6) is 3.49. The molecular weight excluding hydrogens is 354 g/mol. The van der Waals surface area contributed by atoms with Crippen molar-refractivity contribution in [3.8, 4) is 0 Å². The van der Waals surface area contributed by atoms with Gasteiger partial charge in [-0.2, -0.15) is 0 Å². The fourth-order valence-corrected chi connectivity index (χ4v) is 2.05. The van der Waals surface area contributed by atoms with Gasteiger partial charge in [0.05, 0.1) is 5.69 Å². The number of hydrogen-bond acceptors (Lipinski definition) is 2. The maximum atomic E-state index is 8.98. The van der Waals surface area contributed by atoms with Crippen molar-refractivity contribution in [3.63, 3.8) is 0 Å². The molecule has 156 valence electrons. The molecule has 2 heteroatoms. The van der Waals surface area contributed by atoms with E-state index < -0.39 is 0 Å². The molecule has 1 N–H and O–H groups in total. The van der Waals surface area contributed by atoms with Gasteiger partial charge in [0.15, 0.2) is 0 Å². The number of aliphatic imine (C=N–C) groups is 1. The lowest BCUT2D eigenvalue weighted by Crippen LogP contribution is -2.00. The Bertz CT molecular complexity index is 752. The lowest BCUT2D eigenvalue weighted by atomic mass is 9.94. The Morgan fingerprint density at radius 1 is 0.966 bits per heavy atom. The Balaban J connectivity index is 0.000000375. The van der Waals surface area contributed by atoms with Gasteiger partial charge in [-0.25, -0.2) is 4.99 Å². The van der Waals surface area contributed by atoms with E-state index in [1.54, 1.807) is 0 Å². The minimum atomic E-state index is 0.422. The van der Waals surface area contributed by atoms with Crippen LogP contribution in [0.3, 0.4) is 0 Å². The van der Waals surface area contributed by atoms with Crippen molar-refractivity contribution >= 4 is 11.6 Å². The number of hydrogen-bond donors (Lipinski definition) is 1. The number of unbranched alkanes of at least 4 members (excludes halogenated alkanes) is 1. The van der Waals surface area contributed by atoms with E-state index >= 15 is 0 Å². The van der Waals surface area contributed by atoms with Gasteiger partial charge in [-0.05, 0) is 62.9 Å². The van der Waals surface area contributed by atoms with E-state index in [-0.39, 0.29) is 0 Å². The second-order valence-corrected chi connectivity index (χ2v) is 6.91. The van der Waals surface area contributed by atoms with Crippen LogP contribution in [0.25, 0.3) is 0 Å². The SMILES string of the molecule is C=C=Nc1ccccc1.CC1=CC(O)=CCC1C.CCCC.Cc1ccccc1. The number of nitrogens with zero attached hydrogens (tertiary/aromatic N) is 1. The predicted octanol–water partition coefficient (Wildman–Crippen LogP) is 8.39. The van der Waals surface area contributed by atoms with E-state index in [1.165, 1.54) is 24.0 Å². The molecule has 1 aliphatic carbocycles. The lowest BCUT2D eigenvalue weighted by molar-refractivity contribution is 0.419. The smallest absolute Gasteiger partial charge is 0.111 e. The Morgan fingerprint density at radius 3 is 1.83 bits per heavy atom. The first-order chi connectivity index (χ1) is 13.9. The molecule has 1 aliphatic rings. The molecule has 0 aromatic heterocycles. The van der Waals surface area contributed by atoms with Gasteiger partial charge in [-0.15, -0.1) is 0 Å². The second kappa shape index (κ2) is 17.3. The Hall–Kier alpha value is -2.83. The van der Waals surface area contributed by atoms with E-state index in [2.05, 4.69) is 57.3 Å². The van der Waals surface area contributed by atoms with Crippen LogP contribution in [-0.4, -0.2) is 11.0 Å². The average Bonchev–Trinajstić information content (AvgIpc) is 2.74. The number of rotatable bonds is 2. The van der Waals surface area contributed by atoms with Crippen LogP contribution in [0.4, 0.5) is 5.69 Å². The second-order valence-electron chi connectivity index (χ2n) is 6.91. The zero-order valence-corrected chi connectivity index (χ0v) is 18.7. The first-order valence-corrected chi connectivity index (χ1v) is 10.3. The van der Waals surface area contributed by atoms with Crippen molar-refractivity contribution in [2.24, 2.45) is 10.9 Å². The maximum absolute atomic E-state index is 8.98. The third kappa shape index (κ3) is 14.8. The highest BCUT2D eigenvalue weighted by atomic mass is 16.3. The summed E-state index contributed by atoms with van der Waals surface area (Å²) in [6.07, 6.45) is 7.31. The van der Waals surface area contributed by atoms with Crippen molar-refractivity contribution in [2.45, 2.75) is 53.9 Å². The standard InChI is InChI=1S/C8H7N.C8H12O.C7H8.C4H10/c1-2-9-8-6-4-3-5-7-8;1-6-3-4-8(9)5-7(6)2;1-7-5-3-2-4-6-7;1-3-4-2/h3-7H,1H2;4-6,9H,3H2,1-2H3;2-6H,1H3;3-4H2,1-2H3. The molecule has 2 nitrogen and oxygen atoms in total. The molecule has 1 unspecified atom stereocenters. The van der Waals surface area contributed by atoms with Crippen LogP contribution in [0, 0.1) is 12.8 Å². The summed E-state index contributed by atoms with van der Waals surface area (Å²) in [5, 5.41) is 8.98. The van der Waals surface area contributed by atoms with Crippen molar-refractivity contribution in [2.75, 3.05) is 0 Å². The van der Waals surface area contributed by atoms with Gasteiger partial charge in [0, 0.05) is 0 Å². The topological polar surface area (TPSA) is 32.6 Å². The highest BCUT2D eigenvalue weighted by Crippen LogP contribution is 2.21. The molecule has 3 rings (SSSR count). The van der Waals surface area contributed by atoms with Crippen LogP contribution in [0.15, 0.2) is 95.7 Å². The van der Waals surface area contributed by atoms with Crippen LogP contribution in [0.2, 0.25) is 0 Å². The monoisotopic (exact) mass is 391 g/mol. The molecule has 0 bridgehead atoms. The van der Waals surface area contributed by atoms with Gasteiger partial charge in [-0.1, -0.05) is 93.3 Å². The molecule has 0 heterocycles. The third-order valence-electron chi connectivity index (χ3n) is 4.24. The molecule has 2 aromatic rings. The largest absolute Gasteiger partial charge is 0.508 e. The molecule has 0 saturated heterocycles. The molecule has 1 atom stereocenters. The first kappa shape index (κ1) is 26.2. The van der Waals surface area contributed by atoms with Crippen molar-refractivity contribution in [1.82, 2.24) is 0 Å². The van der Waals surface area contributed by atoms with Gasteiger partial charge in [0.2, 0.25) is 0 Å². The van der Waals surface area contributed by atoms with Gasteiger partial charge in [0.1, 0.15) is 5.76 Å². The minimum absolute atomic E-state index is 0.422. The first-order valence-electron chi connectivity index (χ1n) is 10.3. The van der Waals surface area contributed by atoms with Crippen molar-refractivity contribution in [3.05, 3.63) is 96.3 Å². The summed E-state index contributed by atoms with van der Waals surface area (Å²) < 4.78 is 0. The minimum Gasteiger partial charge on any atom is -0.508 e. The van der Waals surface area contributed by atoms with Gasteiger partial charge in [-0.3, -0.25) is 0 Å². The quantitative estimate of drug-likeness (QED) is 0.512. The molecule has 0 radical (unpaired) electrons. The Kier molecular flexibility index (Phi) is 15.6. The van der Waals surface area contributed by atoms with E-state index in [4.69, 9.17) is 5.11 Å². The Labute approximate surface area is 178 Å². The van der Waals surface area contributed by atoms with E-state index in [0.717, 1.165) is 12.1 Å². The van der Waals surface area contributed by atoms with E-state index in [9.17, 15) is 0 Å². The lowest BCUT2D eigenvalue weighted by Gasteiger charge is -2.13. The van der Waals surface area contributed by atoms with Gasteiger partial charge >= 0.3 is 0 Å². The van der Waals surface area contributed by atoms with E-state index in [0.29, 0.717) is 11.7 Å². The fraction of sp³-hybridized carbons (Fsp3) is 0.333. The summed E-state index contributed by atoms with van der Waals surface area (Å²) in [5.41, 5.74) is 3.49. The van der Waals surface area contributed by atoms with Crippen LogP contribution >= 0.6 is 0 Å². The molecule has 0 aliphatic heterocycles. The van der Waals surface area contributed by atoms with Crippen LogP contribution in [-0.2, 0) is 0 Å². The molecule has 0 spiro atoms. The van der Waals surface area contributed by atoms with Crippen LogP contribution < -0.4 is 0 Å². The van der Waals surface area contributed by atoms with Crippen molar-refractivity contribution < 1.29 is 5.11 Å². The van der Waals surface area contributed by atoms with Crippen LogP contribution in [0.5, 0.6) is 0 Å². The highest BCUT2D eigenvalue weighted by molar-refractivity contribution is 5.55. The maximum Gasteiger partial charge on any atom is 0.111 e. The molecule has 29 heavy (non-hydrogen) atoms. The normalized spacial score (nSPS) is 14.0. The summed E-state index contributed by atoms with van der Waals surface area (Å²) in [4.78, 5) is 3.85. The van der Waals surface area contributed by atoms with Gasteiger partial charge in [0.25, 0.3) is 0 Å². The Morgan fingerprint density at radius 2 is 1.48 bits per heavy atom. The molecule has 0 amide bonds. The third-order valence-corrected chi connectivity index (χ3v) is 4.24. The predicted molar refractivity (Wildman–Crippen MR) is 129 cm³/mol. The molecular formula is C27H37NO. The number of aliphatic hydroxyl groups is 1. The number of allylic oxidation sites excluding steroid dienone is 3. The summed E-state index contributed by atoms with van der Waals surface area (Å²) in [6.45, 7) is 14.0. The highest BCUT2D eigenvalue weighted by Gasteiger charge is 2.07. The molecule has 0 saturated carbocycles. The number of benzene rings is 2. The van der Waals surface area contributed by atoms with E-state index in [1.807, 2.05) is 67.6 Å².